The lowest BCUT2D eigenvalue weighted by Gasteiger charge is -2.31. The van der Waals surface area contributed by atoms with Crippen molar-refractivity contribution in [3.05, 3.63) is 30.6 Å². The van der Waals surface area contributed by atoms with Crippen molar-refractivity contribution in [1.29, 1.82) is 0 Å². The minimum Gasteiger partial charge on any atom is -0.355 e. The summed E-state index contributed by atoms with van der Waals surface area (Å²) in [6.07, 6.45) is 5.07. The molecule has 1 aliphatic heterocycles. The van der Waals surface area contributed by atoms with Crippen LogP contribution in [0, 0.1) is 5.92 Å². The van der Waals surface area contributed by atoms with E-state index < -0.39 is 0 Å². The zero-order chi connectivity index (χ0) is 19.3. The van der Waals surface area contributed by atoms with Crippen molar-refractivity contribution in [2.75, 3.05) is 29.1 Å². The van der Waals surface area contributed by atoms with Crippen LogP contribution in [0.1, 0.15) is 19.8 Å². The molecule has 0 unspecified atom stereocenters. The molecule has 0 aliphatic carbocycles. The third kappa shape index (κ3) is 4.30. The third-order valence-corrected chi connectivity index (χ3v) is 6.32. The van der Waals surface area contributed by atoms with Gasteiger partial charge in [-0.3, -0.25) is 4.79 Å². The second-order valence-electron chi connectivity index (χ2n) is 6.26. The van der Waals surface area contributed by atoms with Crippen LogP contribution in [0.15, 0.2) is 34.9 Å². The predicted octanol–water partition coefficient (Wildman–Crippen LogP) is 2.48. The molecular formula is C17H20N8OS2. The molecule has 4 rings (SSSR count). The second kappa shape index (κ2) is 8.65. The summed E-state index contributed by atoms with van der Waals surface area (Å²) in [5.74, 6) is 2.43. The van der Waals surface area contributed by atoms with Gasteiger partial charge < -0.3 is 10.2 Å². The maximum atomic E-state index is 12.5. The topological polar surface area (TPSA) is 102 Å². The molecule has 0 aromatic carbocycles. The number of carbonyl (C=O) groups excluding carboxylic acids is 1. The first-order chi connectivity index (χ1) is 13.7. The zero-order valence-electron chi connectivity index (χ0n) is 15.4. The van der Waals surface area contributed by atoms with E-state index in [0.717, 1.165) is 41.8 Å². The molecule has 1 fully saturated rings. The molecule has 0 saturated carbocycles. The van der Waals surface area contributed by atoms with E-state index in [9.17, 15) is 4.79 Å². The van der Waals surface area contributed by atoms with Crippen molar-refractivity contribution in [3.8, 4) is 5.82 Å². The Morgan fingerprint density at radius 3 is 2.68 bits per heavy atom. The SMILES string of the molecule is CCSc1nnc(NC(=O)C2CCN(c3ccc(-n4cccn4)nn3)CC2)s1. The smallest absolute Gasteiger partial charge is 0.229 e. The lowest BCUT2D eigenvalue weighted by atomic mass is 9.96. The van der Waals surface area contributed by atoms with Crippen LogP contribution in [0.2, 0.25) is 0 Å². The molecular weight excluding hydrogens is 396 g/mol. The van der Waals surface area contributed by atoms with Gasteiger partial charge in [-0.2, -0.15) is 5.10 Å². The Balaban J connectivity index is 1.30. The van der Waals surface area contributed by atoms with Crippen LogP contribution in [0.3, 0.4) is 0 Å². The highest BCUT2D eigenvalue weighted by molar-refractivity contribution is 8.01. The van der Waals surface area contributed by atoms with Gasteiger partial charge in [-0.05, 0) is 36.8 Å². The Kier molecular flexibility index (Phi) is 5.81. The molecule has 0 atom stereocenters. The zero-order valence-corrected chi connectivity index (χ0v) is 17.0. The number of anilines is 2. The van der Waals surface area contributed by atoms with Gasteiger partial charge in [0.25, 0.3) is 0 Å². The fourth-order valence-electron chi connectivity index (χ4n) is 3.03. The number of aromatic nitrogens is 6. The van der Waals surface area contributed by atoms with E-state index in [4.69, 9.17) is 0 Å². The monoisotopic (exact) mass is 416 g/mol. The maximum absolute atomic E-state index is 12.5. The summed E-state index contributed by atoms with van der Waals surface area (Å²) >= 11 is 3.05. The number of amides is 1. The highest BCUT2D eigenvalue weighted by Gasteiger charge is 2.26. The van der Waals surface area contributed by atoms with E-state index in [0.29, 0.717) is 10.9 Å². The van der Waals surface area contributed by atoms with Gasteiger partial charge in [-0.1, -0.05) is 30.0 Å². The van der Waals surface area contributed by atoms with Crippen LogP contribution in [0.25, 0.3) is 5.82 Å². The number of nitrogens with one attached hydrogen (secondary N) is 1. The van der Waals surface area contributed by atoms with E-state index in [1.165, 1.54) is 11.3 Å². The Morgan fingerprint density at radius 1 is 1.21 bits per heavy atom. The first-order valence-corrected chi connectivity index (χ1v) is 10.9. The lowest BCUT2D eigenvalue weighted by Crippen LogP contribution is -2.38. The quantitative estimate of drug-likeness (QED) is 0.483. The Bertz CT molecular complexity index is 904. The van der Waals surface area contributed by atoms with E-state index >= 15 is 0 Å². The highest BCUT2D eigenvalue weighted by Crippen LogP contribution is 2.27. The molecule has 0 bridgehead atoms. The lowest BCUT2D eigenvalue weighted by molar-refractivity contribution is -0.120. The average molecular weight is 417 g/mol. The van der Waals surface area contributed by atoms with Gasteiger partial charge in [0.1, 0.15) is 0 Å². The third-order valence-electron chi connectivity index (χ3n) is 4.47. The molecule has 1 saturated heterocycles. The predicted molar refractivity (Wildman–Crippen MR) is 109 cm³/mol. The number of thioether (sulfide) groups is 1. The number of hydrogen-bond donors (Lipinski definition) is 1. The van der Waals surface area contributed by atoms with E-state index in [-0.39, 0.29) is 11.8 Å². The number of hydrogen-bond acceptors (Lipinski definition) is 9. The highest BCUT2D eigenvalue weighted by atomic mass is 32.2. The molecule has 0 spiro atoms. The van der Waals surface area contributed by atoms with Gasteiger partial charge in [0.05, 0.1) is 0 Å². The van der Waals surface area contributed by atoms with Gasteiger partial charge in [0.15, 0.2) is 16.0 Å². The summed E-state index contributed by atoms with van der Waals surface area (Å²) < 4.78 is 2.55. The van der Waals surface area contributed by atoms with Crippen molar-refractivity contribution in [2.45, 2.75) is 24.1 Å². The van der Waals surface area contributed by atoms with Crippen molar-refractivity contribution in [2.24, 2.45) is 5.92 Å². The molecule has 1 amide bonds. The summed E-state index contributed by atoms with van der Waals surface area (Å²) in [7, 11) is 0. The van der Waals surface area contributed by atoms with Gasteiger partial charge in [-0.25, -0.2) is 4.68 Å². The van der Waals surface area contributed by atoms with Gasteiger partial charge >= 0.3 is 0 Å². The van der Waals surface area contributed by atoms with Crippen molar-refractivity contribution >= 4 is 40.0 Å². The first kappa shape index (κ1) is 18.8. The fraction of sp³-hybridized carbons (Fsp3) is 0.412. The maximum Gasteiger partial charge on any atom is 0.229 e. The molecule has 1 N–H and O–H groups in total. The molecule has 146 valence electrons. The number of rotatable bonds is 6. The summed E-state index contributed by atoms with van der Waals surface area (Å²) in [6, 6.07) is 5.69. The van der Waals surface area contributed by atoms with Crippen LogP contribution >= 0.6 is 23.1 Å². The van der Waals surface area contributed by atoms with Gasteiger partial charge in [0, 0.05) is 31.4 Å². The van der Waals surface area contributed by atoms with E-state index in [1.807, 2.05) is 24.4 Å². The Morgan fingerprint density at radius 2 is 2.00 bits per heavy atom. The van der Waals surface area contributed by atoms with Crippen molar-refractivity contribution in [1.82, 2.24) is 30.2 Å². The standard InChI is InChI=1S/C17H20N8OS2/c1-2-27-17-23-22-16(28-17)19-15(26)12-6-10-24(11-7-12)13-4-5-14(21-20-13)25-9-3-8-18-25/h3-5,8-9,12H,2,6-7,10-11H2,1H3,(H,19,22,26). The molecule has 3 aromatic rings. The molecule has 4 heterocycles. The summed E-state index contributed by atoms with van der Waals surface area (Å²) in [5, 5.41) is 24.3. The molecule has 11 heteroatoms. The molecule has 9 nitrogen and oxygen atoms in total. The summed E-state index contributed by atoms with van der Waals surface area (Å²) in [4.78, 5) is 14.7. The normalized spacial score (nSPS) is 15.0. The second-order valence-corrected chi connectivity index (χ2v) is 8.75. The average Bonchev–Trinajstić information content (AvgIpc) is 3.41. The Labute approximate surface area is 170 Å². The number of piperidine rings is 1. The Hall–Kier alpha value is -2.53. The van der Waals surface area contributed by atoms with Gasteiger partial charge in [-0.15, -0.1) is 20.4 Å². The summed E-state index contributed by atoms with van der Waals surface area (Å²) in [5.41, 5.74) is 0. The minimum atomic E-state index is -0.0289. The minimum absolute atomic E-state index is 0.0176. The van der Waals surface area contributed by atoms with Crippen LogP contribution in [0.5, 0.6) is 0 Å². The summed E-state index contributed by atoms with van der Waals surface area (Å²) in [6.45, 7) is 3.59. The van der Waals surface area contributed by atoms with Gasteiger partial charge in [0.2, 0.25) is 11.0 Å². The van der Waals surface area contributed by atoms with Crippen LogP contribution in [-0.2, 0) is 4.79 Å². The van der Waals surface area contributed by atoms with E-state index in [1.54, 1.807) is 22.6 Å². The molecule has 0 radical (unpaired) electrons. The molecule has 28 heavy (non-hydrogen) atoms. The molecule has 1 aliphatic rings. The largest absolute Gasteiger partial charge is 0.355 e. The van der Waals surface area contributed by atoms with Crippen molar-refractivity contribution in [3.63, 3.8) is 0 Å². The number of nitrogens with zero attached hydrogens (tertiary/aromatic N) is 7. The van der Waals surface area contributed by atoms with Crippen LogP contribution in [0.4, 0.5) is 10.9 Å². The molecule has 3 aromatic heterocycles. The van der Waals surface area contributed by atoms with Crippen molar-refractivity contribution < 1.29 is 4.79 Å². The van der Waals surface area contributed by atoms with E-state index in [2.05, 4.69) is 42.6 Å². The van der Waals surface area contributed by atoms with Crippen LogP contribution < -0.4 is 10.2 Å². The number of carbonyl (C=O) groups is 1. The van der Waals surface area contributed by atoms with Crippen LogP contribution in [-0.4, -0.2) is 54.9 Å². The first-order valence-electron chi connectivity index (χ1n) is 9.09. The fourth-order valence-corrected chi connectivity index (χ4v) is 4.69.